The molecule has 1 saturated heterocycles. The maximum Gasteiger partial charge on any atom is 0.232 e. The van der Waals surface area contributed by atoms with E-state index in [9.17, 15) is 4.39 Å². The summed E-state index contributed by atoms with van der Waals surface area (Å²) in [6, 6.07) is 8.71. The Kier molecular flexibility index (Phi) is 5.07. The summed E-state index contributed by atoms with van der Waals surface area (Å²) in [5.41, 5.74) is 2.53. The summed E-state index contributed by atoms with van der Waals surface area (Å²) >= 11 is 0. The van der Waals surface area contributed by atoms with E-state index < -0.39 is 0 Å². The van der Waals surface area contributed by atoms with Gasteiger partial charge in [-0.3, -0.25) is 4.57 Å². The number of hydrogen-bond donors (Lipinski definition) is 0. The summed E-state index contributed by atoms with van der Waals surface area (Å²) in [6.45, 7) is 2.27. The van der Waals surface area contributed by atoms with E-state index >= 15 is 0 Å². The summed E-state index contributed by atoms with van der Waals surface area (Å²) in [4.78, 5) is 6.52. The highest BCUT2D eigenvalue weighted by atomic mass is 19.1. The number of benzene rings is 1. The summed E-state index contributed by atoms with van der Waals surface area (Å²) in [6.07, 6.45) is 3.32. The largest absolute Gasteiger partial charge is 0.481 e. The zero-order valence-electron chi connectivity index (χ0n) is 17.5. The van der Waals surface area contributed by atoms with Gasteiger partial charge in [-0.25, -0.2) is 9.37 Å². The van der Waals surface area contributed by atoms with Crippen LogP contribution in [0.3, 0.4) is 0 Å². The molecule has 0 amide bonds. The summed E-state index contributed by atoms with van der Waals surface area (Å²) in [5, 5.41) is 8.81. The first-order chi connectivity index (χ1) is 15.1. The standard InChI is InChI=1S/C22H24FN5O3/c1-29-14-19-25-26-21(28(19)17-4-6-20(30-2)24-12-17)27-9-7-22(8-10-27)18-5-3-16(23)11-15(18)13-31-22/h3-6,11-12H,7-10,13-14H2,1-2H3. The number of rotatable bonds is 5. The van der Waals surface area contributed by atoms with Gasteiger partial charge in [-0.2, -0.15) is 0 Å². The van der Waals surface area contributed by atoms with Crippen molar-refractivity contribution in [3.05, 3.63) is 59.3 Å². The van der Waals surface area contributed by atoms with Crippen molar-refractivity contribution in [3.63, 3.8) is 0 Å². The Morgan fingerprint density at radius 2 is 1.97 bits per heavy atom. The molecular formula is C22H24FN5O3. The highest BCUT2D eigenvalue weighted by Crippen LogP contribution is 2.44. The predicted molar refractivity (Wildman–Crippen MR) is 111 cm³/mol. The van der Waals surface area contributed by atoms with E-state index in [0.29, 0.717) is 24.9 Å². The van der Waals surface area contributed by atoms with E-state index in [-0.39, 0.29) is 11.4 Å². The number of aromatic nitrogens is 4. The van der Waals surface area contributed by atoms with Crippen LogP contribution in [-0.2, 0) is 28.3 Å². The number of halogens is 1. The first-order valence-corrected chi connectivity index (χ1v) is 10.2. The second kappa shape index (κ2) is 7.90. The fraction of sp³-hybridized carbons (Fsp3) is 0.409. The van der Waals surface area contributed by atoms with Gasteiger partial charge in [0, 0.05) is 26.3 Å². The molecular weight excluding hydrogens is 401 g/mol. The number of ether oxygens (including phenoxy) is 3. The number of fused-ring (bicyclic) bond motifs is 2. The molecule has 0 radical (unpaired) electrons. The predicted octanol–water partition coefficient (Wildman–Crippen LogP) is 2.98. The van der Waals surface area contributed by atoms with Crippen molar-refractivity contribution >= 4 is 5.95 Å². The highest BCUT2D eigenvalue weighted by molar-refractivity contribution is 5.45. The minimum atomic E-state index is -0.360. The molecule has 2 aromatic heterocycles. The van der Waals surface area contributed by atoms with Crippen molar-refractivity contribution in [3.8, 4) is 11.6 Å². The zero-order valence-corrected chi connectivity index (χ0v) is 17.5. The Morgan fingerprint density at radius 1 is 1.13 bits per heavy atom. The fourth-order valence-electron chi connectivity index (χ4n) is 4.53. The van der Waals surface area contributed by atoms with Crippen LogP contribution in [0.25, 0.3) is 5.69 Å². The second-order valence-electron chi connectivity index (χ2n) is 7.81. The van der Waals surface area contributed by atoms with Crippen molar-refractivity contribution in [2.24, 2.45) is 0 Å². The van der Waals surface area contributed by atoms with Gasteiger partial charge in [0.05, 0.1) is 31.2 Å². The number of anilines is 1. The lowest BCUT2D eigenvalue weighted by Gasteiger charge is -2.39. The van der Waals surface area contributed by atoms with Crippen LogP contribution in [0.2, 0.25) is 0 Å². The average Bonchev–Trinajstić information content (AvgIpc) is 3.36. The van der Waals surface area contributed by atoms with Gasteiger partial charge in [0.2, 0.25) is 11.8 Å². The van der Waals surface area contributed by atoms with Crippen molar-refractivity contribution in [1.82, 2.24) is 19.7 Å². The summed E-state index contributed by atoms with van der Waals surface area (Å²) in [5.74, 6) is 1.76. The van der Waals surface area contributed by atoms with Crippen molar-refractivity contribution in [2.75, 3.05) is 32.2 Å². The molecule has 0 saturated carbocycles. The molecule has 5 rings (SSSR count). The minimum Gasteiger partial charge on any atom is -0.481 e. The number of methoxy groups -OCH3 is 2. The smallest absolute Gasteiger partial charge is 0.232 e. The van der Waals surface area contributed by atoms with Gasteiger partial charge in [0.25, 0.3) is 0 Å². The lowest BCUT2D eigenvalue weighted by molar-refractivity contribution is -0.0553. The van der Waals surface area contributed by atoms with Crippen molar-refractivity contribution < 1.29 is 18.6 Å². The molecule has 31 heavy (non-hydrogen) atoms. The van der Waals surface area contributed by atoms with Crippen LogP contribution in [0.4, 0.5) is 10.3 Å². The van der Waals surface area contributed by atoms with Crippen LogP contribution >= 0.6 is 0 Å². The molecule has 0 atom stereocenters. The van der Waals surface area contributed by atoms with E-state index in [1.165, 1.54) is 6.07 Å². The van der Waals surface area contributed by atoms with Crippen molar-refractivity contribution in [1.29, 1.82) is 0 Å². The average molecular weight is 425 g/mol. The lowest BCUT2D eigenvalue weighted by atomic mass is 9.84. The third-order valence-electron chi connectivity index (χ3n) is 6.09. The van der Waals surface area contributed by atoms with Crippen molar-refractivity contribution in [2.45, 2.75) is 31.7 Å². The number of pyridine rings is 1. The lowest BCUT2D eigenvalue weighted by Crippen LogP contribution is -2.43. The molecule has 1 aromatic carbocycles. The first kappa shape index (κ1) is 19.9. The number of piperidine rings is 1. The van der Waals surface area contributed by atoms with Gasteiger partial charge in [-0.15, -0.1) is 10.2 Å². The normalized spacial score (nSPS) is 17.2. The number of hydrogen-bond acceptors (Lipinski definition) is 7. The molecule has 4 heterocycles. The van der Waals surface area contributed by atoms with Gasteiger partial charge in [0.15, 0.2) is 5.82 Å². The van der Waals surface area contributed by atoms with E-state index in [2.05, 4.69) is 20.1 Å². The van der Waals surface area contributed by atoms with Gasteiger partial charge < -0.3 is 19.1 Å². The molecule has 2 aliphatic heterocycles. The quantitative estimate of drug-likeness (QED) is 0.622. The molecule has 3 aromatic rings. The molecule has 0 N–H and O–H groups in total. The monoisotopic (exact) mass is 425 g/mol. The van der Waals surface area contributed by atoms with Gasteiger partial charge in [-0.1, -0.05) is 6.07 Å². The molecule has 162 valence electrons. The Labute approximate surface area is 179 Å². The van der Waals surface area contributed by atoms with Gasteiger partial charge in [0.1, 0.15) is 12.4 Å². The van der Waals surface area contributed by atoms with Gasteiger partial charge >= 0.3 is 0 Å². The molecule has 0 unspecified atom stereocenters. The van der Waals surface area contributed by atoms with Crippen LogP contribution in [0, 0.1) is 5.82 Å². The van der Waals surface area contributed by atoms with Gasteiger partial charge in [-0.05, 0) is 42.2 Å². The van der Waals surface area contributed by atoms with E-state index in [0.717, 1.165) is 48.7 Å². The molecule has 1 fully saturated rings. The highest BCUT2D eigenvalue weighted by Gasteiger charge is 2.43. The third kappa shape index (κ3) is 3.43. The Hall–Kier alpha value is -3.04. The Morgan fingerprint density at radius 3 is 2.68 bits per heavy atom. The zero-order chi connectivity index (χ0) is 21.4. The van der Waals surface area contributed by atoms with Crippen LogP contribution in [0.15, 0.2) is 36.5 Å². The maximum absolute atomic E-state index is 13.6. The van der Waals surface area contributed by atoms with E-state index in [1.54, 1.807) is 26.5 Å². The molecule has 8 nitrogen and oxygen atoms in total. The molecule has 2 aliphatic rings. The molecule has 0 bridgehead atoms. The van der Waals surface area contributed by atoms with Crippen LogP contribution < -0.4 is 9.64 Å². The van der Waals surface area contributed by atoms with E-state index in [4.69, 9.17) is 14.2 Å². The second-order valence-corrected chi connectivity index (χ2v) is 7.81. The number of nitrogens with zero attached hydrogens (tertiary/aromatic N) is 5. The Bertz CT molecular complexity index is 1080. The van der Waals surface area contributed by atoms with Crippen LogP contribution in [0.5, 0.6) is 5.88 Å². The fourth-order valence-corrected chi connectivity index (χ4v) is 4.53. The van der Waals surface area contributed by atoms with Crippen LogP contribution in [0.1, 0.15) is 29.8 Å². The molecule has 0 aliphatic carbocycles. The summed E-state index contributed by atoms with van der Waals surface area (Å²) < 4.78 is 32.3. The summed E-state index contributed by atoms with van der Waals surface area (Å²) in [7, 11) is 3.22. The van der Waals surface area contributed by atoms with Crippen LogP contribution in [-0.4, -0.2) is 47.1 Å². The topological polar surface area (TPSA) is 74.5 Å². The maximum atomic E-state index is 13.6. The third-order valence-corrected chi connectivity index (χ3v) is 6.09. The molecule has 1 spiro atoms. The SMILES string of the molecule is COCc1nnc(N2CCC3(CC2)OCc2cc(F)ccc23)n1-c1ccc(OC)nc1. The Balaban J connectivity index is 1.42. The minimum absolute atomic E-state index is 0.219. The first-order valence-electron chi connectivity index (χ1n) is 10.2. The van der Waals surface area contributed by atoms with E-state index in [1.807, 2.05) is 22.8 Å². The molecule has 9 heteroatoms.